The summed E-state index contributed by atoms with van der Waals surface area (Å²) in [5.74, 6) is -0.0405. The minimum atomic E-state index is -0.127. The van der Waals surface area contributed by atoms with Crippen LogP contribution in [0.3, 0.4) is 0 Å². The van der Waals surface area contributed by atoms with Gasteiger partial charge in [0.05, 0.1) is 13.1 Å². The molecule has 2 amide bonds. The number of carbonyl (C=O) groups is 2. The highest BCUT2D eigenvalue weighted by Crippen LogP contribution is 2.17. The van der Waals surface area contributed by atoms with Crippen LogP contribution in [0.2, 0.25) is 0 Å². The topological polar surface area (TPSA) is 52.7 Å². The van der Waals surface area contributed by atoms with Crippen molar-refractivity contribution in [3.05, 3.63) is 59.7 Å². The molecule has 5 nitrogen and oxygen atoms in total. The van der Waals surface area contributed by atoms with Crippen molar-refractivity contribution in [2.24, 2.45) is 0 Å². The molecule has 1 saturated heterocycles. The van der Waals surface area contributed by atoms with Crippen LogP contribution in [-0.2, 0) is 9.59 Å². The molecule has 28 heavy (non-hydrogen) atoms. The Hall–Kier alpha value is -2.82. The van der Waals surface area contributed by atoms with Gasteiger partial charge in [-0.15, -0.1) is 0 Å². The zero-order valence-corrected chi connectivity index (χ0v) is 16.8. The molecule has 0 radical (unpaired) electrons. The number of rotatable bonds is 6. The summed E-state index contributed by atoms with van der Waals surface area (Å²) >= 11 is 0. The van der Waals surface area contributed by atoms with Crippen molar-refractivity contribution < 1.29 is 9.59 Å². The Morgan fingerprint density at radius 1 is 0.929 bits per heavy atom. The monoisotopic (exact) mass is 379 g/mol. The summed E-state index contributed by atoms with van der Waals surface area (Å²) in [6.07, 6.45) is 3.30. The lowest BCUT2D eigenvalue weighted by Gasteiger charge is -2.30. The molecule has 2 aromatic rings. The molecule has 5 heteroatoms. The van der Waals surface area contributed by atoms with Crippen LogP contribution in [0.5, 0.6) is 0 Å². The average molecular weight is 380 g/mol. The van der Waals surface area contributed by atoms with Crippen molar-refractivity contribution in [3.8, 4) is 0 Å². The molecule has 1 aliphatic heterocycles. The Balaban J connectivity index is 1.70. The second-order valence-electron chi connectivity index (χ2n) is 7.55. The van der Waals surface area contributed by atoms with Gasteiger partial charge in [0.25, 0.3) is 0 Å². The minimum Gasteiger partial charge on any atom is -0.353 e. The van der Waals surface area contributed by atoms with Gasteiger partial charge in [-0.3, -0.25) is 9.59 Å². The second kappa shape index (κ2) is 9.40. The lowest BCUT2D eigenvalue weighted by molar-refractivity contribution is -0.130. The number of carbonyl (C=O) groups excluding carboxylic acids is 2. The first-order valence-corrected chi connectivity index (χ1v) is 9.97. The molecule has 3 rings (SSSR count). The molecule has 0 aromatic heterocycles. The number of likely N-dealkylation sites (tertiary alicyclic amines) is 1. The molecule has 1 aliphatic rings. The summed E-state index contributed by atoms with van der Waals surface area (Å²) in [7, 11) is 0. The molecule has 0 atom stereocenters. The van der Waals surface area contributed by atoms with Gasteiger partial charge in [-0.05, 0) is 62.9 Å². The summed E-state index contributed by atoms with van der Waals surface area (Å²) in [4.78, 5) is 29.2. The average Bonchev–Trinajstić information content (AvgIpc) is 2.68. The Kier molecular flexibility index (Phi) is 6.69. The summed E-state index contributed by atoms with van der Waals surface area (Å²) in [6, 6.07) is 15.7. The van der Waals surface area contributed by atoms with Gasteiger partial charge in [-0.25, -0.2) is 0 Å². The zero-order chi connectivity index (χ0) is 19.9. The van der Waals surface area contributed by atoms with Crippen LogP contribution >= 0.6 is 0 Å². The van der Waals surface area contributed by atoms with Crippen LogP contribution in [0.25, 0.3) is 0 Å². The molecule has 1 fully saturated rings. The Morgan fingerprint density at radius 2 is 1.64 bits per heavy atom. The maximum atomic E-state index is 12.8. The number of piperidine rings is 1. The van der Waals surface area contributed by atoms with E-state index in [9.17, 15) is 9.59 Å². The zero-order valence-electron chi connectivity index (χ0n) is 16.8. The van der Waals surface area contributed by atoms with E-state index in [1.165, 1.54) is 6.42 Å². The largest absolute Gasteiger partial charge is 0.353 e. The number of hydrogen-bond acceptors (Lipinski definition) is 3. The summed E-state index contributed by atoms with van der Waals surface area (Å²) in [6.45, 7) is 6.00. The fourth-order valence-corrected chi connectivity index (χ4v) is 3.50. The quantitative estimate of drug-likeness (QED) is 0.831. The molecule has 0 aliphatic carbocycles. The maximum absolute atomic E-state index is 12.8. The highest BCUT2D eigenvalue weighted by atomic mass is 16.2. The second-order valence-corrected chi connectivity index (χ2v) is 7.55. The molecule has 1 N–H and O–H groups in total. The molecule has 148 valence electrons. The van der Waals surface area contributed by atoms with E-state index in [1.54, 1.807) is 0 Å². The standard InChI is InChI=1S/C23H29N3O2/c1-18-9-11-21(12-10-18)26(17-23(28)25-13-4-3-5-14-25)16-22(27)24-20-8-6-7-19(2)15-20/h6-12,15H,3-5,13-14,16-17H2,1-2H3,(H,24,27). The molecule has 0 bridgehead atoms. The third-order valence-electron chi connectivity index (χ3n) is 5.07. The van der Waals surface area contributed by atoms with Crippen molar-refractivity contribution in [2.45, 2.75) is 33.1 Å². The van der Waals surface area contributed by atoms with E-state index in [2.05, 4.69) is 5.32 Å². The predicted octanol–water partition coefficient (Wildman–Crippen LogP) is 3.76. The number of nitrogens with one attached hydrogen (secondary N) is 1. The first kappa shape index (κ1) is 19.9. The molecule has 0 spiro atoms. The van der Waals surface area contributed by atoms with Crippen molar-refractivity contribution in [1.29, 1.82) is 0 Å². The summed E-state index contributed by atoms with van der Waals surface area (Å²) in [5.41, 5.74) is 3.90. The first-order chi connectivity index (χ1) is 13.5. The number of anilines is 2. The van der Waals surface area contributed by atoms with E-state index in [4.69, 9.17) is 0 Å². The molecule has 1 heterocycles. The smallest absolute Gasteiger partial charge is 0.243 e. The van der Waals surface area contributed by atoms with E-state index in [-0.39, 0.29) is 24.9 Å². The number of aryl methyl sites for hydroxylation is 2. The van der Waals surface area contributed by atoms with E-state index >= 15 is 0 Å². The normalized spacial score (nSPS) is 13.9. The lowest BCUT2D eigenvalue weighted by Crippen LogP contribution is -2.45. The number of amides is 2. The number of benzene rings is 2. The van der Waals surface area contributed by atoms with Gasteiger partial charge in [0.15, 0.2) is 0 Å². The third kappa shape index (κ3) is 5.59. The maximum Gasteiger partial charge on any atom is 0.243 e. The van der Waals surface area contributed by atoms with Gasteiger partial charge in [0.2, 0.25) is 11.8 Å². The number of hydrogen-bond donors (Lipinski definition) is 1. The highest BCUT2D eigenvalue weighted by molar-refractivity contribution is 5.95. The van der Waals surface area contributed by atoms with Gasteiger partial charge >= 0.3 is 0 Å². The fraction of sp³-hybridized carbons (Fsp3) is 0.391. The first-order valence-electron chi connectivity index (χ1n) is 9.97. The van der Waals surface area contributed by atoms with Gasteiger partial charge in [-0.2, -0.15) is 0 Å². The van der Waals surface area contributed by atoms with Crippen molar-refractivity contribution in [1.82, 2.24) is 4.90 Å². The fourth-order valence-electron chi connectivity index (χ4n) is 3.50. The minimum absolute atomic E-state index is 0.0867. The van der Waals surface area contributed by atoms with Gasteiger partial charge in [0.1, 0.15) is 0 Å². The van der Waals surface area contributed by atoms with Crippen molar-refractivity contribution >= 4 is 23.2 Å². The SMILES string of the molecule is Cc1ccc(N(CC(=O)Nc2cccc(C)c2)CC(=O)N2CCCCC2)cc1. The van der Waals surface area contributed by atoms with Crippen LogP contribution in [0, 0.1) is 13.8 Å². The van der Waals surface area contributed by atoms with Crippen molar-refractivity contribution in [2.75, 3.05) is 36.4 Å². The van der Waals surface area contributed by atoms with Gasteiger partial charge < -0.3 is 15.1 Å². The van der Waals surface area contributed by atoms with E-state index in [0.717, 1.165) is 48.4 Å². The van der Waals surface area contributed by atoms with Crippen LogP contribution < -0.4 is 10.2 Å². The van der Waals surface area contributed by atoms with E-state index in [1.807, 2.05) is 72.2 Å². The van der Waals surface area contributed by atoms with Crippen LogP contribution in [0.4, 0.5) is 11.4 Å². The Morgan fingerprint density at radius 3 is 2.32 bits per heavy atom. The van der Waals surface area contributed by atoms with Crippen LogP contribution in [-0.4, -0.2) is 42.9 Å². The lowest BCUT2D eigenvalue weighted by atomic mass is 10.1. The summed E-state index contributed by atoms with van der Waals surface area (Å²) < 4.78 is 0. The van der Waals surface area contributed by atoms with Crippen LogP contribution in [0.1, 0.15) is 30.4 Å². The Labute approximate surface area is 167 Å². The molecule has 0 saturated carbocycles. The third-order valence-corrected chi connectivity index (χ3v) is 5.07. The van der Waals surface area contributed by atoms with E-state index < -0.39 is 0 Å². The molecule has 2 aromatic carbocycles. The molecular weight excluding hydrogens is 350 g/mol. The molecule has 0 unspecified atom stereocenters. The van der Waals surface area contributed by atoms with Crippen molar-refractivity contribution in [3.63, 3.8) is 0 Å². The number of nitrogens with zero attached hydrogens (tertiary/aromatic N) is 2. The van der Waals surface area contributed by atoms with E-state index in [0.29, 0.717) is 0 Å². The van der Waals surface area contributed by atoms with Gasteiger partial charge in [0, 0.05) is 24.5 Å². The van der Waals surface area contributed by atoms with Gasteiger partial charge in [-0.1, -0.05) is 29.8 Å². The Bertz CT molecular complexity index is 811. The van der Waals surface area contributed by atoms with Crippen LogP contribution in [0.15, 0.2) is 48.5 Å². The highest BCUT2D eigenvalue weighted by Gasteiger charge is 2.21. The predicted molar refractivity (Wildman–Crippen MR) is 114 cm³/mol. The molecular formula is C23H29N3O2. The summed E-state index contributed by atoms with van der Waals surface area (Å²) in [5, 5.41) is 2.94.